The summed E-state index contributed by atoms with van der Waals surface area (Å²) in [5.74, 6) is -3.45. The number of esters is 2. The van der Waals surface area contributed by atoms with Gasteiger partial charge in [0.2, 0.25) is 15.6 Å². The van der Waals surface area contributed by atoms with E-state index in [4.69, 9.17) is 44.3 Å². The van der Waals surface area contributed by atoms with E-state index in [2.05, 4.69) is 26.0 Å². The van der Waals surface area contributed by atoms with Crippen LogP contribution in [0.1, 0.15) is 70.5 Å². The number of rotatable bonds is 14. The minimum absolute atomic E-state index is 0.0807. The van der Waals surface area contributed by atoms with Gasteiger partial charge in [0.25, 0.3) is 5.91 Å². The first-order valence-electron chi connectivity index (χ1n) is 17.1. The third-order valence-corrected chi connectivity index (χ3v) is 9.32. The summed E-state index contributed by atoms with van der Waals surface area (Å²) in [7, 11) is 0. The van der Waals surface area contributed by atoms with Gasteiger partial charge in [-0.05, 0) is 43.4 Å². The number of hydrogen-bond donors (Lipinski definition) is 3. The van der Waals surface area contributed by atoms with Crippen LogP contribution in [0.15, 0.2) is 47.3 Å². The molecule has 5 atom stereocenters. The topological polar surface area (TPSA) is 169 Å². The zero-order valence-electron chi connectivity index (χ0n) is 29.9. The molecule has 3 N–H and O–H groups in total. The van der Waals surface area contributed by atoms with Crippen LogP contribution >= 0.6 is 46.1 Å². The second-order valence-corrected chi connectivity index (χ2v) is 16.3. The van der Waals surface area contributed by atoms with E-state index >= 15 is 0 Å². The van der Waals surface area contributed by atoms with Gasteiger partial charge in [-0.1, -0.05) is 85.9 Å². The lowest BCUT2D eigenvalue weighted by molar-refractivity contribution is -0.153. The lowest BCUT2D eigenvalue weighted by Crippen LogP contribution is -2.62. The van der Waals surface area contributed by atoms with E-state index in [0.717, 1.165) is 10.9 Å². The van der Waals surface area contributed by atoms with Crippen LogP contribution in [0.3, 0.4) is 0 Å². The summed E-state index contributed by atoms with van der Waals surface area (Å²) >= 11 is 18.5. The molecule has 0 bridgehead atoms. The molecule has 0 radical (unpaired) electrons. The van der Waals surface area contributed by atoms with Gasteiger partial charge in [0.1, 0.15) is 30.8 Å². The number of thiazole rings is 1. The first-order valence-corrected chi connectivity index (χ1v) is 19.1. The van der Waals surface area contributed by atoms with E-state index < -0.39 is 64.3 Å². The Morgan fingerprint density at radius 3 is 2.47 bits per heavy atom. The molecule has 1 aliphatic rings. The quantitative estimate of drug-likeness (QED) is 0.145. The van der Waals surface area contributed by atoms with Crippen molar-refractivity contribution in [2.75, 3.05) is 13.2 Å². The first kappa shape index (κ1) is 41.9. The number of carbonyl (C=O) groups excluding carboxylic acids is 5. The van der Waals surface area contributed by atoms with Crippen molar-refractivity contribution in [1.29, 1.82) is 0 Å². The maximum Gasteiger partial charge on any atom is 0.325 e. The van der Waals surface area contributed by atoms with Crippen LogP contribution in [-0.2, 0) is 39.9 Å². The summed E-state index contributed by atoms with van der Waals surface area (Å²) < 4.78 is 8.58. The largest absolute Gasteiger partial charge is 0.460 e. The van der Waals surface area contributed by atoms with Crippen LogP contribution in [0.2, 0.25) is 0 Å². The molecular formula is C36H43Cl3N6O7S. The summed E-state index contributed by atoms with van der Waals surface area (Å²) in [5, 5.41) is 9.62. The summed E-state index contributed by atoms with van der Waals surface area (Å²) in [6.07, 6.45) is 3.96. The Kier molecular flexibility index (Phi) is 15.0. The SMILES string of the molecule is CC(=O)OC(C)c1ccc2ccc(C=CC(C)C(=O)NC(C(=O)NC(Cc3cscn3)C(=O)N3CCCC(C(=O)OCC(Cl)(Cl)Cl)N3)C(C)C)cc2n1. The number of amides is 3. The second kappa shape index (κ2) is 19.0. The Morgan fingerprint density at radius 2 is 1.81 bits per heavy atom. The summed E-state index contributed by atoms with van der Waals surface area (Å²) in [5.41, 5.74) is 7.22. The van der Waals surface area contributed by atoms with Gasteiger partial charge in [-0.2, -0.15) is 0 Å². The number of hydrazine groups is 1. The standard InChI is InChI=1S/C36H43Cl3N6O7S/c1-20(2)31(43-32(47)21(3)8-9-24-10-11-25-12-13-27(41-29(25)15-24)22(4)52-23(5)46)33(48)42-30(16-26-17-53-19-40-26)34(49)45-14-6-7-28(44-45)35(50)51-18-36(37,38)39/h8-13,15,17,19-22,28,30-31,44H,6-7,14,16,18H2,1-5H3,(H,42,48)(H,43,47). The number of ether oxygens (including phenoxy) is 2. The molecule has 3 aromatic rings. The Bertz CT molecular complexity index is 1800. The highest BCUT2D eigenvalue weighted by Gasteiger charge is 2.36. The molecule has 53 heavy (non-hydrogen) atoms. The third-order valence-electron chi connectivity index (χ3n) is 8.36. The molecule has 0 aliphatic carbocycles. The van der Waals surface area contributed by atoms with Gasteiger partial charge < -0.3 is 20.1 Å². The number of pyridine rings is 1. The lowest BCUT2D eigenvalue weighted by atomic mass is 10.00. The molecule has 2 aromatic heterocycles. The van der Waals surface area contributed by atoms with E-state index in [0.29, 0.717) is 29.7 Å². The molecule has 5 unspecified atom stereocenters. The van der Waals surface area contributed by atoms with Crippen molar-refractivity contribution >= 4 is 92.8 Å². The number of carbonyl (C=O) groups is 5. The molecule has 1 saturated heterocycles. The molecule has 0 spiro atoms. The predicted molar refractivity (Wildman–Crippen MR) is 204 cm³/mol. The van der Waals surface area contributed by atoms with Crippen LogP contribution in [-0.4, -0.2) is 79.7 Å². The number of hydrogen-bond acceptors (Lipinski definition) is 11. The third kappa shape index (κ3) is 12.6. The molecule has 0 saturated carbocycles. The molecule has 4 rings (SSSR count). The maximum absolute atomic E-state index is 13.9. The first-order chi connectivity index (χ1) is 25.0. The molecule has 1 fully saturated rings. The number of nitrogens with one attached hydrogen (secondary N) is 3. The molecule has 3 amide bonds. The second-order valence-electron chi connectivity index (χ2n) is 13.1. The van der Waals surface area contributed by atoms with Gasteiger partial charge >= 0.3 is 11.9 Å². The Hall–Kier alpha value is -3.82. The Balaban J connectivity index is 1.43. The van der Waals surface area contributed by atoms with Gasteiger partial charge in [-0.3, -0.25) is 29.0 Å². The van der Waals surface area contributed by atoms with Gasteiger partial charge in [-0.25, -0.2) is 15.4 Å². The summed E-state index contributed by atoms with van der Waals surface area (Å²) in [6, 6.07) is 6.49. The van der Waals surface area contributed by atoms with Crippen molar-refractivity contribution < 1.29 is 33.4 Å². The normalized spacial score (nSPS) is 17.2. The molecule has 1 aromatic carbocycles. The zero-order chi connectivity index (χ0) is 38.9. The van der Waals surface area contributed by atoms with Crippen molar-refractivity contribution in [1.82, 2.24) is 31.0 Å². The number of halogens is 3. The Labute approximate surface area is 327 Å². The maximum atomic E-state index is 13.9. The number of fused-ring (bicyclic) bond motifs is 1. The minimum Gasteiger partial charge on any atom is -0.460 e. The minimum atomic E-state index is -1.78. The van der Waals surface area contributed by atoms with Gasteiger partial charge in [-0.15, -0.1) is 11.3 Å². The molecule has 17 heteroatoms. The van der Waals surface area contributed by atoms with E-state index in [1.807, 2.05) is 30.3 Å². The fourth-order valence-corrected chi connectivity index (χ4v) is 6.25. The predicted octanol–water partition coefficient (Wildman–Crippen LogP) is 5.24. The average molecular weight is 810 g/mol. The number of benzene rings is 1. The van der Waals surface area contributed by atoms with Crippen LogP contribution < -0.4 is 16.1 Å². The highest BCUT2D eigenvalue weighted by Crippen LogP contribution is 2.26. The van der Waals surface area contributed by atoms with Gasteiger partial charge in [0.05, 0.1) is 28.3 Å². The number of alkyl halides is 3. The zero-order valence-corrected chi connectivity index (χ0v) is 33.0. The van der Waals surface area contributed by atoms with Crippen LogP contribution in [0.4, 0.5) is 0 Å². The van der Waals surface area contributed by atoms with Gasteiger partial charge in [0.15, 0.2) is 0 Å². The van der Waals surface area contributed by atoms with E-state index in [9.17, 15) is 24.0 Å². The van der Waals surface area contributed by atoms with Gasteiger partial charge in [0, 0.05) is 30.7 Å². The number of nitrogens with zero attached hydrogens (tertiary/aromatic N) is 3. The molecular weight excluding hydrogens is 767 g/mol. The van der Waals surface area contributed by atoms with Crippen LogP contribution in [0.5, 0.6) is 0 Å². The van der Waals surface area contributed by atoms with Crippen molar-refractivity contribution in [2.24, 2.45) is 11.8 Å². The fraction of sp³-hybridized carbons (Fsp3) is 0.472. The Morgan fingerprint density at radius 1 is 1.08 bits per heavy atom. The van der Waals surface area contributed by atoms with Crippen molar-refractivity contribution in [2.45, 2.75) is 81.9 Å². The number of aromatic nitrogens is 2. The summed E-state index contributed by atoms with van der Waals surface area (Å²) in [6.45, 7) is 8.21. The van der Waals surface area contributed by atoms with Crippen LogP contribution in [0.25, 0.3) is 17.0 Å². The van der Waals surface area contributed by atoms with Crippen molar-refractivity contribution in [3.05, 3.63) is 64.2 Å². The van der Waals surface area contributed by atoms with Crippen LogP contribution in [0, 0.1) is 11.8 Å². The lowest BCUT2D eigenvalue weighted by Gasteiger charge is -2.35. The van der Waals surface area contributed by atoms with E-state index in [1.165, 1.54) is 23.3 Å². The average Bonchev–Trinajstić information content (AvgIpc) is 3.63. The summed E-state index contributed by atoms with van der Waals surface area (Å²) in [4.78, 5) is 74.0. The monoisotopic (exact) mass is 808 g/mol. The van der Waals surface area contributed by atoms with E-state index in [1.54, 1.807) is 50.7 Å². The fourth-order valence-electron chi connectivity index (χ4n) is 5.52. The molecule has 13 nitrogen and oxygen atoms in total. The highest BCUT2D eigenvalue weighted by molar-refractivity contribution is 7.07. The van der Waals surface area contributed by atoms with Crippen molar-refractivity contribution in [3.8, 4) is 0 Å². The van der Waals surface area contributed by atoms with E-state index in [-0.39, 0.29) is 24.8 Å². The highest BCUT2D eigenvalue weighted by atomic mass is 35.6. The molecule has 3 heterocycles. The van der Waals surface area contributed by atoms with Crippen molar-refractivity contribution in [3.63, 3.8) is 0 Å². The smallest absolute Gasteiger partial charge is 0.325 e. The molecule has 1 aliphatic heterocycles. The molecule has 286 valence electrons.